The highest BCUT2D eigenvalue weighted by molar-refractivity contribution is 6.32. The Kier molecular flexibility index (Phi) is 6.55. The molecule has 0 bridgehead atoms. The summed E-state index contributed by atoms with van der Waals surface area (Å²) < 4.78 is 0. The summed E-state index contributed by atoms with van der Waals surface area (Å²) >= 11 is 0. The number of fused-ring (bicyclic) bond motifs is 1. The maximum Gasteiger partial charge on any atom is 0.251 e. The van der Waals surface area contributed by atoms with E-state index in [1.165, 1.54) is 12.3 Å². The van der Waals surface area contributed by atoms with Crippen molar-refractivity contribution in [1.82, 2.24) is 19.9 Å². The van der Waals surface area contributed by atoms with Crippen molar-refractivity contribution in [2.75, 3.05) is 6.54 Å². The van der Waals surface area contributed by atoms with Crippen molar-refractivity contribution in [2.24, 2.45) is 0 Å². The van der Waals surface area contributed by atoms with Crippen molar-refractivity contribution in [3.05, 3.63) is 69.8 Å². The topological polar surface area (TPSA) is 61.9 Å². The van der Waals surface area contributed by atoms with Crippen LogP contribution in [0.2, 0.25) is 0 Å². The second-order valence-electron chi connectivity index (χ2n) is 6.03. The summed E-state index contributed by atoms with van der Waals surface area (Å²) in [6.45, 7) is 13.8. The van der Waals surface area contributed by atoms with E-state index in [9.17, 15) is 4.79 Å². The summed E-state index contributed by atoms with van der Waals surface area (Å²) in [5, 5.41) is 0. The van der Waals surface area contributed by atoms with Gasteiger partial charge in [0, 0.05) is 49.4 Å². The van der Waals surface area contributed by atoms with Gasteiger partial charge < -0.3 is 9.88 Å². The first kappa shape index (κ1) is 19.7. The zero-order chi connectivity index (χ0) is 19.3. The molecule has 0 aromatic carbocycles. The van der Waals surface area contributed by atoms with Crippen LogP contribution in [0.4, 0.5) is 0 Å². The van der Waals surface area contributed by atoms with E-state index < -0.39 is 0 Å². The Morgan fingerprint density at radius 3 is 2.73 bits per heavy atom. The van der Waals surface area contributed by atoms with E-state index >= 15 is 0 Å². The first-order valence-corrected chi connectivity index (χ1v) is 8.86. The maximum absolute atomic E-state index is 11.5. The molecule has 0 saturated heterocycles. The van der Waals surface area contributed by atoms with Crippen molar-refractivity contribution in [1.29, 1.82) is 0 Å². The fraction of sp³-hybridized carbons (Fsp3) is 0.350. The number of aromatic amines is 1. The first-order chi connectivity index (χ1) is 12.5. The van der Waals surface area contributed by atoms with Gasteiger partial charge in [0.25, 0.3) is 5.56 Å². The molecule has 0 fully saturated rings. The minimum atomic E-state index is -0.161. The molecule has 0 amide bonds. The second kappa shape index (κ2) is 8.65. The summed E-state index contributed by atoms with van der Waals surface area (Å²) in [6, 6.07) is 3.38. The van der Waals surface area contributed by atoms with Crippen LogP contribution >= 0.6 is 0 Å². The first-order valence-electron chi connectivity index (χ1n) is 8.86. The highest BCUT2D eigenvalue weighted by Crippen LogP contribution is 2.26. The van der Waals surface area contributed by atoms with Crippen LogP contribution in [0.5, 0.6) is 0 Å². The molecule has 134 valence electrons. The molecule has 5 nitrogen and oxygen atoms in total. The van der Waals surface area contributed by atoms with Crippen LogP contribution in [0, 0.1) is 0 Å². The summed E-state index contributed by atoms with van der Waals surface area (Å²) in [6.07, 6.45) is 4.08. The van der Waals surface area contributed by atoms with Gasteiger partial charge in [0.2, 0.25) is 0 Å². The Morgan fingerprint density at radius 2 is 2.04 bits per heavy atom. The zero-order valence-corrected chi connectivity index (χ0v) is 16.0. The van der Waals surface area contributed by atoms with Crippen LogP contribution in [-0.2, 0) is 13.0 Å². The maximum atomic E-state index is 11.5. The minimum absolute atomic E-state index is 0.161. The fourth-order valence-corrected chi connectivity index (χ4v) is 2.87. The van der Waals surface area contributed by atoms with Crippen LogP contribution in [0.3, 0.4) is 0 Å². The van der Waals surface area contributed by atoms with Gasteiger partial charge in [-0.3, -0.25) is 9.78 Å². The van der Waals surface area contributed by atoms with Gasteiger partial charge in [-0.1, -0.05) is 32.0 Å². The third-order valence-corrected chi connectivity index (χ3v) is 4.46. The molecule has 1 N–H and O–H groups in total. The number of aromatic nitrogens is 3. The standard InChI is InChI=1S/C18H19BN4O.C2H6/c1-11(12(2)18-20-6-4-17(24)22-18)13(3)23-7-5-16-14(10-23)8-15(19)9-21-16;1-2/h4,6,8-9H,3,5,7,10H2,1-2H3,(H,20,22,24);1-2H3/b12-11-;. The van der Waals surface area contributed by atoms with E-state index in [2.05, 4.69) is 26.4 Å². The van der Waals surface area contributed by atoms with Crippen LogP contribution in [0.15, 0.2) is 47.2 Å². The Morgan fingerprint density at radius 1 is 1.31 bits per heavy atom. The molecule has 2 aromatic rings. The van der Waals surface area contributed by atoms with Gasteiger partial charge in [0.15, 0.2) is 0 Å². The molecule has 2 radical (unpaired) electrons. The van der Waals surface area contributed by atoms with Crippen LogP contribution in [-0.4, -0.2) is 34.2 Å². The number of rotatable bonds is 3. The number of H-pyrrole nitrogens is 1. The number of hydrogen-bond donors (Lipinski definition) is 1. The molecule has 0 aliphatic carbocycles. The smallest absolute Gasteiger partial charge is 0.251 e. The predicted octanol–water partition coefficient (Wildman–Crippen LogP) is 2.35. The third kappa shape index (κ3) is 4.31. The lowest BCUT2D eigenvalue weighted by atomic mass is 9.93. The van der Waals surface area contributed by atoms with Crippen molar-refractivity contribution in [3.8, 4) is 0 Å². The fourth-order valence-electron chi connectivity index (χ4n) is 2.87. The summed E-state index contributed by atoms with van der Waals surface area (Å²) in [4.78, 5) is 25.1. The number of hydrogen-bond acceptors (Lipinski definition) is 4. The SMILES string of the molecule is CC.[B]c1cnc2c(c1)CN(C(=C)/C(C)=C(/C)c1nccc(=O)[nH]1)CC2. The molecule has 0 saturated carbocycles. The largest absolute Gasteiger partial charge is 0.367 e. The Hall–Kier alpha value is -2.63. The van der Waals surface area contributed by atoms with Crippen LogP contribution in [0.25, 0.3) is 5.57 Å². The summed E-state index contributed by atoms with van der Waals surface area (Å²) in [5.74, 6) is 0.574. The molecular weight excluding hydrogens is 323 g/mol. The lowest BCUT2D eigenvalue weighted by molar-refractivity contribution is 0.326. The van der Waals surface area contributed by atoms with Crippen molar-refractivity contribution < 1.29 is 0 Å². The number of allylic oxidation sites excluding steroid dienone is 2. The lowest BCUT2D eigenvalue weighted by Crippen LogP contribution is -2.31. The van der Waals surface area contributed by atoms with E-state index in [0.717, 1.165) is 47.6 Å². The average molecular weight is 348 g/mol. The van der Waals surface area contributed by atoms with E-state index in [0.29, 0.717) is 11.3 Å². The number of pyridine rings is 1. The molecule has 3 rings (SSSR count). The van der Waals surface area contributed by atoms with Gasteiger partial charge in [-0.25, -0.2) is 4.98 Å². The Balaban J connectivity index is 0.00000117. The normalized spacial score (nSPS) is 13.9. The number of nitrogens with zero attached hydrogens (tertiary/aromatic N) is 3. The molecule has 1 aliphatic rings. The molecule has 26 heavy (non-hydrogen) atoms. The van der Waals surface area contributed by atoms with E-state index in [1.54, 1.807) is 6.20 Å². The van der Waals surface area contributed by atoms with Crippen molar-refractivity contribution >= 4 is 18.9 Å². The van der Waals surface area contributed by atoms with Crippen LogP contribution < -0.4 is 11.0 Å². The van der Waals surface area contributed by atoms with E-state index in [1.807, 2.05) is 33.8 Å². The number of nitrogens with one attached hydrogen (secondary N) is 1. The molecule has 0 atom stereocenters. The van der Waals surface area contributed by atoms with E-state index in [-0.39, 0.29) is 5.56 Å². The molecule has 0 unspecified atom stereocenters. The van der Waals surface area contributed by atoms with Gasteiger partial charge in [0.1, 0.15) is 13.7 Å². The molecule has 3 heterocycles. The predicted molar refractivity (Wildman–Crippen MR) is 107 cm³/mol. The second-order valence-corrected chi connectivity index (χ2v) is 6.03. The monoisotopic (exact) mass is 348 g/mol. The third-order valence-electron chi connectivity index (χ3n) is 4.46. The summed E-state index contributed by atoms with van der Waals surface area (Å²) in [5.41, 5.74) is 5.59. The van der Waals surface area contributed by atoms with Gasteiger partial charge in [-0.15, -0.1) is 0 Å². The molecule has 0 spiro atoms. The van der Waals surface area contributed by atoms with Gasteiger partial charge in [0.05, 0.1) is 0 Å². The molecular formula is C20H25BN4O. The minimum Gasteiger partial charge on any atom is -0.367 e. The molecule has 2 aromatic heterocycles. The Bertz CT molecular complexity index is 885. The van der Waals surface area contributed by atoms with Gasteiger partial charge >= 0.3 is 0 Å². The molecule has 6 heteroatoms. The average Bonchev–Trinajstić information content (AvgIpc) is 2.67. The van der Waals surface area contributed by atoms with Crippen LogP contribution in [0.1, 0.15) is 44.8 Å². The van der Waals surface area contributed by atoms with Gasteiger partial charge in [-0.05, 0) is 30.6 Å². The van der Waals surface area contributed by atoms with Crippen molar-refractivity contribution in [3.63, 3.8) is 0 Å². The lowest BCUT2D eigenvalue weighted by Gasteiger charge is -2.32. The zero-order valence-electron chi connectivity index (χ0n) is 16.0. The Labute approximate surface area is 156 Å². The van der Waals surface area contributed by atoms with E-state index in [4.69, 9.17) is 7.85 Å². The quantitative estimate of drug-likeness (QED) is 0.683. The summed E-state index contributed by atoms with van der Waals surface area (Å²) in [7, 11) is 5.85. The highest BCUT2D eigenvalue weighted by Gasteiger charge is 2.20. The highest BCUT2D eigenvalue weighted by atomic mass is 16.1. The molecule has 1 aliphatic heterocycles. The van der Waals surface area contributed by atoms with Gasteiger partial charge in [-0.2, -0.15) is 0 Å². The van der Waals surface area contributed by atoms with Crippen molar-refractivity contribution in [2.45, 2.75) is 40.7 Å².